The second kappa shape index (κ2) is 10.3. The lowest BCUT2D eigenvalue weighted by atomic mass is 9.99. The van der Waals surface area contributed by atoms with Crippen LogP contribution < -0.4 is 15.5 Å². The minimum atomic E-state index is 0.182. The molecule has 4 heterocycles. The number of hydrogen-bond acceptors (Lipinski definition) is 8. The number of aliphatic hydroxyl groups excluding tert-OH is 1. The van der Waals surface area contributed by atoms with E-state index >= 15 is 0 Å². The molecule has 5 unspecified atom stereocenters. The summed E-state index contributed by atoms with van der Waals surface area (Å²) in [5.74, 6) is 8.06. The zero-order chi connectivity index (χ0) is 27.2. The van der Waals surface area contributed by atoms with Crippen LogP contribution in [0.1, 0.15) is 37.7 Å². The van der Waals surface area contributed by atoms with Gasteiger partial charge in [-0.1, -0.05) is 30.0 Å². The van der Waals surface area contributed by atoms with E-state index in [1.165, 1.54) is 24.9 Å². The molecular formula is C32H36N6O2. The summed E-state index contributed by atoms with van der Waals surface area (Å²) in [6.45, 7) is 2.67. The molecule has 8 heteroatoms. The van der Waals surface area contributed by atoms with Crippen molar-refractivity contribution in [3.05, 3.63) is 60.2 Å². The summed E-state index contributed by atoms with van der Waals surface area (Å²) in [6, 6.07) is 19.4. The Bertz CT molecular complexity index is 1450. The first-order valence-corrected chi connectivity index (χ1v) is 14.5. The Kier molecular flexibility index (Phi) is 6.49. The zero-order valence-corrected chi connectivity index (χ0v) is 22.7. The lowest BCUT2D eigenvalue weighted by Crippen LogP contribution is -2.54. The van der Waals surface area contributed by atoms with Crippen molar-refractivity contribution in [1.29, 1.82) is 0 Å². The third-order valence-corrected chi connectivity index (χ3v) is 9.51. The van der Waals surface area contributed by atoms with Gasteiger partial charge in [-0.25, -0.2) is 0 Å². The molecule has 4 aliphatic rings. The minimum Gasteiger partial charge on any atom is -0.507 e. The van der Waals surface area contributed by atoms with E-state index in [4.69, 9.17) is 5.73 Å². The van der Waals surface area contributed by atoms with Gasteiger partial charge in [0.25, 0.3) is 0 Å². The topological polar surface area (TPSA) is 102 Å². The zero-order valence-electron chi connectivity index (χ0n) is 22.7. The van der Waals surface area contributed by atoms with Crippen LogP contribution in [-0.2, 0) is 0 Å². The van der Waals surface area contributed by atoms with E-state index in [0.717, 1.165) is 43.7 Å². The molecule has 5 atom stereocenters. The molecule has 4 fully saturated rings. The van der Waals surface area contributed by atoms with Crippen LogP contribution in [0.2, 0.25) is 0 Å². The smallest absolute Gasteiger partial charge is 0.169 e. The molecule has 7 rings (SSSR count). The number of nitrogen functional groups attached to an aromatic ring is 1. The number of nitrogens with zero attached hydrogens (tertiary/aromatic N) is 5. The van der Waals surface area contributed by atoms with Gasteiger partial charge in [0.1, 0.15) is 5.75 Å². The van der Waals surface area contributed by atoms with Gasteiger partial charge < -0.3 is 25.7 Å². The second-order valence-electron chi connectivity index (χ2n) is 11.7. The molecule has 206 valence electrons. The summed E-state index contributed by atoms with van der Waals surface area (Å²) in [7, 11) is 0. The van der Waals surface area contributed by atoms with E-state index in [9.17, 15) is 10.2 Å². The monoisotopic (exact) mass is 536 g/mol. The van der Waals surface area contributed by atoms with Crippen molar-refractivity contribution in [3.63, 3.8) is 0 Å². The molecule has 0 spiro atoms. The van der Waals surface area contributed by atoms with Gasteiger partial charge in [-0.2, -0.15) is 0 Å². The van der Waals surface area contributed by atoms with Gasteiger partial charge in [0, 0.05) is 54.1 Å². The second-order valence-corrected chi connectivity index (χ2v) is 11.7. The van der Waals surface area contributed by atoms with Crippen molar-refractivity contribution in [1.82, 2.24) is 15.1 Å². The SMILES string of the molecule is Nc1nnc(-c2ccccc2O)cc1N1CC2CCC(C1)N2c1cccc(C#CCN2C3CCC(C3)C2CO)c1. The number of likely N-dealkylation sites (tertiary alicyclic amines) is 1. The van der Waals surface area contributed by atoms with E-state index in [1.54, 1.807) is 12.1 Å². The number of para-hydroxylation sites is 1. The van der Waals surface area contributed by atoms with Gasteiger partial charge >= 0.3 is 0 Å². The molecule has 1 saturated carbocycles. The summed E-state index contributed by atoms with van der Waals surface area (Å²) in [5, 5.41) is 28.7. The molecule has 3 aliphatic heterocycles. The van der Waals surface area contributed by atoms with Gasteiger partial charge in [-0.15, -0.1) is 10.2 Å². The Labute approximate surface area is 235 Å². The van der Waals surface area contributed by atoms with Crippen molar-refractivity contribution in [2.24, 2.45) is 5.92 Å². The average Bonchev–Trinajstić information content (AvgIpc) is 3.65. The summed E-state index contributed by atoms with van der Waals surface area (Å²) in [4.78, 5) is 7.32. The molecule has 2 aromatic carbocycles. The lowest BCUT2D eigenvalue weighted by molar-refractivity contribution is 0.0965. The highest BCUT2D eigenvalue weighted by Gasteiger charge is 2.45. The maximum Gasteiger partial charge on any atom is 0.169 e. The van der Waals surface area contributed by atoms with Crippen LogP contribution in [0.3, 0.4) is 0 Å². The number of piperazine rings is 1. The van der Waals surface area contributed by atoms with Crippen LogP contribution in [0.25, 0.3) is 11.3 Å². The summed E-state index contributed by atoms with van der Waals surface area (Å²) in [5.41, 5.74) is 10.7. The number of hydrogen-bond donors (Lipinski definition) is 3. The number of benzene rings is 2. The number of nitrogens with two attached hydrogens (primary N) is 1. The summed E-state index contributed by atoms with van der Waals surface area (Å²) >= 11 is 0. The standard InChI is InChI=1S/C32H36N6O2/c33-32-29(17-28(34-35-32)27-8-1-2-9-31(27)40)36-18-25-12-13-26(19-36)38(25)24-7-3-5-21(15-24)6-4-14-37-23-11-10-22(16-23)30(37)20-39/h1-3,5,7-9,15,17,22-23,25-26,30,39-40H,10-14,16,18-20H2,(H2,33,35). The molecule has 0 radical (unpaired) electrons. The Balaban J connectivity index is 1.07. The van der Waals surface area contributed by atoms with Crippen LogP contribution in [-0.4, -0.2) is 75.7 Å². The Morgan fingerprint density at radius 3 is 2.52 bits per heavy atom. The average molecular weight is 537 g/mol. The molecular weight excluding hydrogens is 500 g/mol. The fourth-order valence-corrected chi connectivity index (χ4v) is 7.65. The number of phenolic OH excluding ortho intramolecular Hbond substituents is 1. The summed E-state index contributed by atoms with van der Waals surface area (Å²) < 4.78 is 0. The molecule has 1 aromatic heterocycles. The number of aliphatic hydroxyl groups is 1. The summed E-state index contributed by atoms with van der Waals surface area (Å²) in [6.07, 6.45) is 5.96. The minimum absolute atomic E-state index is 0.182. The highest BCUT2D eigenvalue weighted by atomic mass is 16.3. The number of phenols is 1. The first-order valence-electron chi connectivity index (χ1n) is 14.5. The number of rotatable bonds is 5. The molecule has 0 amide bonds. The van der Waals surface area contributed by atoms with Crippen LogP contribution in [0.5, 0.6) is 5.75 Å². The molecule has 8 nitrogen and oxygen atoms in total. The number of aromatic hydroxyl groups is 1. The normalized spacial score (nSPS) is 27.2. The van der Waals surface area contributed by atoms with Crippen molar-refractivity contribution in [3.8, 4) is 28.8 Å². The molecule has 1 aliphatic carbocycles. The predicted molar refractivity (Wildman–Crippen MR) is 157 cm³/mol. The van der Waals surface area contributed by atoms with Gasteiger partial charge in [-0.3, -0.25) is 4.90 Å². The quantitative estimate of drug-likeness (QED) is 0.426. The van der Waals surface area contributed by atoms with Crippen molar-refractivity contribution in [2.45, 2.75) is 56.3 Å². The molecule has 3 aromatic rings. The number of anilines is 3. The number of fused-ring (bicyclic) bond motifs is 4. The van der Waals surface area contributed by atoms with E-state index < -0.39 is 0 Å². The number of aromatic nitrogens is 2. The fraction of sp³-hybridized carbons (Fsp3) is 0.438. The highest BCUT2D eigenvalue weighted by molar-refractivity contribution is 5.74. The van der Waals surface area contributed by atoms with Crippen molar-refractivity contribution < 1.29 is 10.2 Å². The van der Waals surface area contributed by atoms with E-state index in [-0.39, 0.29) is 18.4 Å². The first kappa shape index (κ1) is 25.2. The highest BCUT2D eigenvalue weighted by Crippen LogP contribution is 2.42. The Morgan fingerprint density at radius 1 is 0.925 bits per heavy atom. The van der Waals surface area contributed by atoms with Gasteiger partial charge in [-0.05, 0) is 74.4 Å². The number of piperidine rings is 1. The van der Waals surface area contributed by atoms with Crippen molar-refractivity contribution >= 4 is 17.2 Å². The third kappa shape index (κ3) is 4.43. The Hall–Kier alpha value is -3.80. The molecule has 4 bridgehead atoms. The van der Waals surface area contributed by atoms with Crippen molar-refractivity contribution in [2.75, 3.05) is 41.8 Å². The maximum absolute atomic E-state index is 10.3. The first-order chi connectivity index (χ1) is 19.6. The largest absolute Gasteiger partial charge is 0.507 e. The van der Waals surface area contributed by atoms with E-state index in [2.05, 4.69) is 61.0 Å². The Morgan fingerprint density at radius 2 is 1.73 bits per heavy atom. The van der Waals surface area contributed by atoms with Gasteiger partial charge in [0.05, 0.1) is 24.5 Å². The predicted octanol–water partition coefficient (Wildman–Crippen LogP) is 3.49. The van der Waals surface area contributed by atoms with Gasteiger partial charge in [0.15, 0.2) is 5.82 Å². The van der Waals surface area contributed by atoms with E-state index in [1.807, 2.05) is 18.2 Å². The molecule has 4 N–H and O–H groups in total. The lowest BCUT2D eigenvalue weighted by Gasteiger charge is -2.43. The van der Waals surface area contributed by atoms with Crippen LogP contribution in [0.15, 0.2) is 54.6 Å². The van der Waals surface area contributed by atoms with Crippen LogP contribution in [0.4, 0.5) is 17.2 Å². The fourth-order valence-electron chi connectivity index (χ4n) is 7.65. The van der Waals surface area contributed by atoms with Crippen LogP contribution >= 0.6 is 0 Å². The van der Waals surface area contributed by atoms with E-state index in [0.29, 0.717) is 41.1 Å². The molecule has 3 saturated heterocycles. The maximum atomic E-state index is 10.3. The molecule has 40 heavy (non-hydrogen) atoms. The third-order valence-electron chi connectivity index (χ3n) is 9.51. The van der Waals surface area contributed by atoms with Crippen LogP contribution in [0, 0.1) is 17.8 Å². The van der Waals surface area contributed by atoms with Gasteiger partial charge in [0.2, 0.25) is 0 Å².